The summed E-state index contributed by atoms with van der Waals surface area (Å²) in [6.45, 7) is 2.90. The van der Waals surface area contributed by atoms with Crippen molar-refractivity contribution >= 4 is 23.4 Å². The smallest absolute Gasteiger partial charge is 0.340 e. The number of alkyl halides is 3. The van der Waals surface area contributed by atoms with Crippen LogP contribution in [0.25, 0.3) is 0 Å². The van der Waals surface area contributed by atoms with Gasteiger partial charge in [0.1, 0.15) is 0 Å². The summed E-state index contributed by atoms with van der Waals surface area (Å²) >= 11 is 6.03. The van der Waals surface area contributed by atoms with Crippen molar-refractivity contribution in [3.63, 3.8) is 0 Å². The molecule has 2 aromatic rings. The Morgan fingerprint density at radius 2 is 1.64 bits per heavy atom. The number of likely N-dealkylation sites (N-methyl/N-ethyl adjacent to an activating group) is 1. The molecule has 4 rings (SSSR count). The molecule has 2 atom stereocenters. The molecule has 9 heteroatoms. The van der Waals surface area contributed by atoms with E-state index in [2.05, 4.69) is 4.90 Å². The molecule has 2 unspecified atom stereocenters. The van der Waals surface area contributed by atoms with Crippen molar-refractivity contribution in [1.82, 2.24) is 14.7 Å². The molecule has 2 fully saturated rings. The minimum absolute atomic E-state index is 0.119. The van der Waals surface area contributed by atoms with Crippen molar-refractivity contribution in [3.05, 3.63) is 70.2 Å². The molecule has 0 saturated carbocycles. The first-order valence-corrected chi connectivity index (χ1v) is 11.2. The average Bonchev–Trinajstić information content (AvgIpc) is 3.23. The van der Waals surface area contributed by atoms with Crippen molar-refractivity contribution < 1.29 is 22.8 Å². The van der Waals surface area contributed by atoms with Crippen LogP contribution in [0.2, 0.25) is 5.02 Å². The van der Waals surface area contributed by atoms with E-state index in [1.165, 1.54) is 6.07 Å². The molecule has 2 heterocycles. The second-order valence-electron chi connectivity index (χ2n) is 8.69. The Bertz CT molecular complexity index is 1040. The molecule has 176 valence electrons. The highest BCUT2D eigenvalue weighted by molar-refractivity contribution is 6.30. The predicted molar refractivity (Wildman–Crippen MR) is 119 cm³/mol. The Morgan fingerprint density at radius 1 is 0.939 bits per heavy atom. The highest BCUT2D eigenvalue weighted by atomic mass is 35.5. The number of benzene rings is 2. The monoisotopic (exact) mass is 479 g/mol. The molecule has 0 bridgehead atoms. The van der Waals surface area contributed by atoms with Crippen LogP contribution in [-0.4, -0.2) is 72.8 Å². The summed E-state index contributed by atoms with van der Waals surface area (Å²) in [5.41, 5.74) is 0.0436. The summed E-state index contributed by atoms with van der Waals surface area (Å²) in [6.07, 6.45) is -4.48. The number of rotatable bonds is 3. The fourth-order valence-electron chi connectivity index (χ4n) is 4.57. The molecule has 0 aromatic heterocycles. The Balaban J connectivity index is 1.64. The fraction of sp³-hybridized carbons (Fsp3) is 0.417. The average molecular weight is 480 g/mol. The molecule has 0 N–H and O–H groups in total. The van der Waals surface area contributed by atoms with E-state index in [1.807, 2.05) is 7.05 Å². The first-order valence-electron chi connectivity index (χ1n) is 10.8. The first-order chi connectivity index (χ1) is 15.6. The predicted octanol–water partition coefficient (Wildman–Crippen LogP) is 3.99. The van der Waals surface area contributed by atoms with E-state index in [1.54, 1.807) is 40.1 Å². The molecule has 2 saturated heterocycles. The number of likely N-dealkylation sites (tertiary alicyclic amines) is 1. The molecule has 0 aliphatic carbocycles. The molecule has 2 aromatic carbocycles. The summed E-state index contributed by atoms with van der Waals surface area (Å²) in [6, 6.07) is 11.6. The Morgan fingerprint density at radius 3 is 2.30 bits per heavy atom. The molecule has 5 nitrogen and oxygen atoms in total. The van der Waals surface area contributed by atoms with Gasteiger partial charge in [-0.3, -0.25) is 9.59 Å². The van der Waals surface area contributed by atoms with Crippen molar-refractivity contribution in [2.45, 2.75) is 12.1 Å². The van der Waals surface area contributed by atoms with E-state index < -0.39 is 23.6 Å². The maximum Gasteiger partial charge on any atom is 0.416 e. The number of halogens is 4. The second-order valence-corrected chi connectivity index (χ2v) is 9.12. The van der Waals surface area contributed by atoms with Gasteiger partial charge in [-0.25, -0.2) is 0 Å². The summed E-state index contributed by atoms with van der Waals surface area (Å²) in [7, 11) is 1.98. The van der Waals surface area contributed by atoms with Crippen molar-refractivity contribution in [2.75, 3.05) is 46.3 Å². The Hall–Kier alpha value is -2.58. The fourth-order valence-corrected chi connectivity index (χ4v) is 4.76. The van der Waals surface area contributed by atoms with Gasteiger partial charge in [0, 0.05) is 55.8 Å². The maximum absolute atomic E-state index is 13.5. The number of amides is 2. The molecule has 33 heavy (non-hydrogen) atoms. The Labute approximate surface area is 195 Å². The van der Waals surface area contributed by atoms with Gasteiger partial charge < -0.3 is 14.7 Å². The van der Waals surface area contributed by atoms with Gasteiger partial charge in [0.2, 0.25) is 5.91 Å². The third-order valence-corrected chi connectivity index (χ3v) is 6.69. The van der Waals surface area contributed by atoms with Crippen LogP contribution in [-0.2, 0) is 11.0 Å². The summed E-state index contributed by atoms with van der Waals surface area (Å²) in [5.74, 6) is -1.54. The van der Waals surface area contributed by atoms with Gasteiger partial charge in [-0.1, -0.05) is 35.9 Å². The lowest BCUT2D eigenvalue weighted by Gasteiger charge is -2.35. The number of carbonyl (C=O) groups excluding carboxylic acids is 2. The van der Waals surface area contributed by atoms with Crippen LogP contribution < -0.4 is 0 Å². The minimum Gasteiger partial charge on any atom is -0.340 e. The van der Waals surface area contributed by atoms with Gasteiger partial charge >= 0.3 is 6.18 Å². The number of piperazine rings is 1. The molecule has 2 amide bonds. The van der Waals surface area contributed by atoms with Gasteiger partial charge in [-0.05, 0) is 36.9 Å². The van der Waals surface area contributed by atoms with Gasteiger partial charge in [0.15, 0.2) is 0 Å². The van der Waals surface area contributed by atoms with E-state index >= 15 is 0 Å². The van der Waals surface area contributed by atoms with E-state index in [-0.39, 0.29) is 24.9 Å². The Kier molecular flexibility index (Phi) is 6.68. The largest absolute Gasteiger partial charge is 0.416 e. The number of hydrogen-bond donors (Lipinski definition) is 0. The minimum atomic E-state index is -4.48. The first kappa shape index (κ1) is 23.6. The lowest BCUT2D eigenvalue weighted by atomic mass is 9.87. The molecule has 2 aliphatic rings. The zero-order valence-corrected chi connectivity index (χ0v) is 18.9. The summed E-state index contributed by atoms with van der Waals surface area (Å²) < 4.78 is 40.0. The molecular weight excluding hydrogens is 455 g/mol. The SMILES string of the molecule is CN1CCN(C(=O)C2CN(C(=O)c3cccc(Cl)c3)CC2c2cccc(C(F)(F)F)c2)CC1. The van der Waals surface area contributed by atoms with E-state index in [0.29, 0.717) is 29.2 Å². The molecule has 2 aliphatic heterocycles. The van der Waals surface area contributed by atoms with Crippen LogP contribution in [0.1, 0.15) is 27.4 Å². The van der Waals surface area contributed by atoms with E-state index in [0.717, 1.165) is 25.2 Å². The standard InChI is InChI=1S/C24H25ClF3N3O2/c1-29-8-10-30(11-9-29)23(33)21-15-31(22(32)17-5-3-7-19(25)13-17)14-20(21)16-4-2-6-18(12-16)24(26,27)28/h2-7,12-13,20-21H,8-11,14-15H2,1H3. The molecule has 0 spiro atoms. The lowest BCUT2D eigenvalue weighted by molar-refractivity contribution is -0.137. The van der Waals surface area contributed by atoms with Gasteiger partial charge in [-0.15, -0.1) is 0 Å². The van der Waals surface area contributed by atoms with E-state index in [9.17, 15) is 22.8 Å². The highest BCUT2D eigenvalue weighted by Gasteiger charge is 2.43. The van der Waals surface area contributed by atoms with Crippen molar-refractivity contribution in [2.24, 2.45) is 5.92 Å². The van der Waals surface area contributed by atoms with Crippen molar-refractivity contribution in [1.29, 1.82) is 0 Å². The van der Waals surface area contributed by atoms with Crippen LogP contribution in [0, 0.1) is 5.92 Å². The number of nitrogens with zero attached hydrogens (tertiary/aromatic N) is 3. The lowest BCUT2D eigenvalue weighted by Crippen LogP contribution is -2.50. The summed E-state index contributed by atoms with van der Waals surface area (Å²) in [4.78, 5) is 32.0. The van der Waals surface area contributed by atoms with Crippen LogP contribution in [0.5, 0.6) is 0 Å². The highest BCUT2D eigenvalue weighted by Crippen LogP contribution is 2.38. The zero-order valence-electron chi connectivity index (χ0n) is 18.2. The van der Waals surface area contributed by atoms with Crippen LogP contribution in [0.3, 0.4) is 0 Å². The van der Waals surface area contributed by atoms with Crippen LogP contribution in [0.15, 0.2) is 48.5 Å². The van der Waals surface area contributed by atoms with Gasteiger partial charge in [0.25, 0.3) is 5.91 Å². The molecular formula is C24H25ClF3N3O2. The molecule has 0 radical (unpaired) electrons. The third-order valence-electron chi connectivity index (χ3n) is 6.45. The second kappa shape index (κ2) is 9.35. The normalized spacial score (nSPS) is 22.0. The topological polar surface area (TPSA) is 43.9 Å². The van der Waals surface area contributed by atoms with Crippen LogP contribution in [0.4, 0.5) is 13.2 Å². The van der Waals surface area contributed by atoms with Gasteiger partial charge in [0.05, 0.1) is 11.5 Å². The van der Waals surface area contributed by atoms with Crippen molar-refractivity contribution in [3.8, 4) is 0 Å². The maximum atomic E-state index is 13.5. The number of hydrogen-bond acceptors (Lipinski definition) is 3. The third kappa shape index (κ3) is 5.17. The zero-order chi connectivity index (χ0) is 23.8. The quantitative estimate of drug-likeness (QED) is 0.668. The summed E-state index contributed by atoms with van der Waals surface area (Å²) in [5, 5.41) is 0.416. The number of carbonyl (C=O) groups is 2. The van der Waals surface area contributed by atoms with E-state index in [4.69, 9.17) is 11.6 Å². The van der Waals surface area contributed by atoms with Gasteiger partial charge in [-0.2, -0.15) is 13.2 Å². The van der Waals surface area contributed by atoms with Crippen LogP contribution >= 0.6 is 11.6 Å².